The van der Waals surface area contributed by atoms with Gasteiger partial charge in [-0.1, -0.05) is 0 Å². The summed E-state index contributed by atoms with van der Waals surface area (Å²) in [6, 6.07) is 0. The number of hydrogen-bond donors (Lipinski definition) is 1. The van der Waals surface area contributed by atoms with Crippen molar-refractivity contribution >= 4 is 11.8 Å². The Morgan fingerprint density at radius 2 is 1.95 bits per heavy atom. The van der Waals surface area contributed by atoms with Gasteiger partial charge in [-0.3, -0.25) is 4.79 Å². The van der Waals surface area contributed by atoms with Gasteiger partial charge >= 0.3 is 5.97 Å². The first-order valence-electron chi connectivity index (χ1n) is 7.12. The number of esters is 1. The van der Waals surface area contributed by atoms with Gasteiger partial charge in [0.05, 0.1) is 0 Å². The van der Waals surface area contributed by atoms with E-state index in [0.717, 1.165) is 55.3 Å². The van der Waals surface area contributed by atoms with E-state index in [9.17, 15) is 9.59 Å². The van der Waals surface area contributed by atoms with E-state index < -0.39 is 0 Å². The molecule has 0 aliphatic heterocycles. The molecule has 2 aliphatic rings. The molecule has 0 saturated heterocycles. The van der Waals surface area contributed by atoms with E-state index in [1.54, 1.807) is 0 Å². The maximum atomic E-state index is 12.2. The van der Waals surface area contributed by atoms with Gasteiger partial charge in [-0.2, -0.15) is 0 Å². The van der Waals surface area contributed by atoms with Crippen LogP contribution in [0.15, 0.2) is 0 Å². The summed E-state index contributed by atoms with van der Waals surface area (Å²) in [6.45, 7) is 1.84. The summed E-state index contributed by atoms with van der Waals surface area (Å²) in [4.78, 5) is 27.2. The number of aromatic amines is 1. The summed E-state index contributed by atoms with van der Waals surface area (Å²) < 4.78 is 5.51. The molecule has 4 heteroatoms. The number of hydrogen-bond acceptors (Lipinski definition) is 3. The average Bonchev–Trinajstić information content (AvgIpc) is 2.98. The third kappa shape index (κ3) is 2.20. The topological polar surface area (TPSA) is 59.2 Å². The summed E-state index contributed by atoms with van der Waals surface area (Å²) in [6.07, 6.45) is 6.55. The van der Waals surface area contributed by atoms with Crippen molar-refractivity contribution in [1.29, 1.82) is 0 Å². The number of carbonyl (C=O) groups is 2. The van der Waals surface area contributed by atoms with Gasteiger partial charge in [-0.05, 0) is 51.0 Å². The van der Waals surface area contributed by atoms with Crippen LogP contribution in [-0.2, 0) is 11.2 Å². The number of H-pyrrole nitrogens is 1. The fourth-order valence-corrected chi connectivity index (χ4v) is 3.19. The smallest absolute Gasteiger partial charge is 0.355 e. The number of ether oxygens (including phenoxy) is 1. The lowest BCUT2D eigenvalue weighted by atomic mass is 9.94. The number of fused-ring (bicyclic) bond motifs is 1. The van der Waals surface area contributed by atoms with Gasteiger partial charge in [-0.25, -0.2) is 4.79 Å². The first-order valence-corrected chi connectivity index (χ1v) is 7.12. The number of aromatic nitrogens is 1. The zero-order valence-corrected chi connectivity index (χ0v) is 11.3. The van der Waals surface area contributed by atoms with Crippen LogP contribution in [0.2, 0.25) is 0 Å². The molecule has 0 amide bonds. The van der Waals surface area contributed by atoms with Crippen LogP contribution in [0, 0.1) is 6.92 Å². The van der Waals surface area contributed by atoms with E-state index in [2.05, 4.69) is 4.98 Å². The van der Waals surface area contributed by atoms with Crippen LogP contribution >= 0.6 is 0 Å². The van der Waals surface area contributed by atoms with E-state index in [0.29, 0.717) is 12.1 Å². The zero-order chi connectivity index (χ0) is 13.4. The number of carbonyl (C=O) groups excluding carboxylic acids is 2. The predicted molar refractivity (Wildman–Crippen MR) is 70.5 cm³/mol. The van der Waals surface area contributed by atoms with Gasteiger partial charge < -0.3 is 9.72 Å². The third-order valence-electron chi connectivity index (χ3n) is 4.22. The highest BCUT2D eigenvalue weighted by molar-refractivity contribution is 6.03. The second kappa shape index (κ2) is 4.83. The summed E-state index contributed by atoms with van der Waals surface area (Å²) in [7, 11) is 0. The quantitative estimate of drug-likeness (QED) is 0.833. The van der Waals surface area contributed by atoms with Crippen molar-refractivity contribution in [1.82, 2.24) is 4.98 Å². The van der Waals surface area contributed by atoms with E-state index in [1.807, 2.05) is 6.92 Å². The lowest BCUT2D eigenvalue weighted by molar-refractivity contribution is 0.0310. The van der Waals surface area contributed by atoms with Gasteiger partial charge in [0.2, 0.25) is 0 Å². The molecule has 0 aromatic carbocycles. The minimum atomic E-state index is -0.299. The lowest BCUT2D eigenvalue weighted by Crippen LogP contribution is -2.16. The van der Waals surface area contributed by atoms with E-state index in [1.165, 1.54) is 0 Å². The van der Waals surface area contributed by atoms with Crippen LogP contribution < -0.4 is 0 Å². The molecular formula is C15H19NO3. The van der Waals surface area contributed by atoms with Crippen molar-refractivity contribution in [2.75, 3.05) is 0 Å². The largest absolute Gasteiger partial charge is 0.458 e. The summed E-state index contributed by atoms with van der Waals surface area (Å²) in [5.74, 6) is -0.151. The SMILES string of the molecule is Cc1c(C(=O)OC2CCCC2)[nH]c2c1C(=O)CCC2. The fourth-order valence-electron chi connectivity index (χ4n) is 3.19. The minimum absolute atomic E-state index is 0.0583. The normalized spacial score (nSPS) is 19.5. The second-order valence-corrected chi connectivity index (χ2v) is 5.57. The molecule has 2 aliphatic carbocycles. The second-order valence-electron chi connectivity index (χ2n) is 5.57. The molecule has 102 valence electrons. The molecule has 1 aromatic heterocycles. The van der Waals surface area contributed by atoms with Crippen molar-refractivity contribution in [3.8, 4) is 0 Å². The van der Waals surface area contributed by atoms with Crippen LogP contribution in [-0.4, -0.2) is 22.8 Å². The van der Waals surface area contributed by atoms with Crippen molar-refractivity contribution < 1.29 is 14.3 Å². The molecular weight excluding hydrogens is 242 g/mol. The van der Waals surface area contributed by atoms with Crippen molar-refractivity contribution in [2.45, 2.75) is 58.0 Å². The van der Waals surface area contributed by atoms with Gasteiger partial charge in [0.15, 0.2) is 5.78 Å². The van der Waals surface area contributed by atoms with Crippen LogP contribution in [0.25, 0.3) is 0 Å². The molecule has 1 aromatic rings. The molecule has 4 nitrogen and oxygen atoms in total. The zero-order valence-electron chi connectivity index (χ0n) is 11.3. The minimum Gasteiger partial charge on any atom is -0.458 e. The highest BCUT2D eigenvalue weighted by Gasteiger charge is 2.28. The van der Waals surface area contributed by atoms with Crippen molar-refractivity contribution in [3.05, 3.63) is 22.5 Å². The number of nitrogens with one attached hydrogen (secondary N) is 1. The van der Waals surface area contributed by atoms with E-state index in [-0.39, 0.29) is 17.9 Å². The molecule has 19 heavy (non-hydrogen) atoms. The molecule has 1 fully saturated rings. The lowest BCUT2D eigenvalue weighted by Gasteiger charge is -2.10. The Balaban J connectivity index is 1.84. The molecule has 1 heterocycles. The summed E-state index contributed by atoms with van der Waals surface area (Å²) >= 11 is 0. The molecule has 0 atom stereocenters. The number of aryl methyl sites for hydroxylation is 1. The monoisotopic (exact) mass is 261 g/mol. The van der Waals surface area contributed by atoms with Crippen LogP contribution in [0.3, 0.4) is 0 Å². The van der Waals surface area contributed by atoms with E-state index in [4.69, 9.17) is 4.74 Å². The predicted octanol–water partition coefficient (Wildman–Crippen LogP) is 2.94. The molecule has 0 spiro atoms. The van der Waals surface area contributed by atoms with Gasteiger partial charge in [0, 0.05) is 17.7 Å². The Labute approximate surface area is 112 Å². The number of ketones is 1. The Kier molecular flexibility index (Phi) is 3.17. The summed E-state index contributed by atoms with van der Waals surface area (Å²) in [5, 5.41) is 0. The number of rotatable bonds is 2. The molecule has 1 N–H and O–H groups in total. The summed E-state index contributed by atoms with van der Waals surface area (Å²) in [5.41, 5.74) is 2.88. The standard InChI is InChI=1S/C15H19NO3/c1-9-13-11(7-4-8-12(13)17)16-14(9)15(18)19-10-5-2-3-6-10/h10,16H,2-8H2,1H3. The highest BCUT2D eigenvalue weighted by Crippen LogP contribution is 2.28. The van der Waals surface area contributed by atoms with Crippen molar-refractivity contribution in [2.24, 2.45) is 0 Å². The van der Waals surface area contributed by atoms with Gasteiger partial charge in [0.1, 0.15) is 11.8 Å². The molecule has 0 bridgehead atoms. The first-order chi connectivity index (χ1) is 9.16. The Morgan fingerprint density at radius 1 is 1.21 bits per heavy atom. The molecule has 0 unspecified atom stereocenters. The Morgan fingerprint density at radius 3 is 2.63 bits per heavy atom. The third-order valence-corrected chi connectivity index (χ3v) is 4.22. The Bertz CT molecular complexity index is 524. The number of Topliss-reactive ketones (excluding diaryl/α,β-unsaturated/α-hetero) is 1. The van der Waals surface area contributed by atoms with E-state index >= 15 is 0 Å². The molecule has 1 saturated carbocycles. The molecule has 0 radical (unpaired) electrons. The van der Waals surface area contributed by atoms with Crippen LogP contribution in [0.4, 0.5) is 0 Å². The molecule has 3 rings (SSSR count). The van der Waals surface area contributed by atoms with Crippen LogP contribution in [0.1, 0.15) is 70.6 Å². The van der Waals surface area contributed by atoms with Crippen molar-refractivity contribution in [3.63, 3.8) is 0 Å². The maximum absolute atomic E-state index is 12.2. The fraction of sp³-hybridized carbons (Fsp3) is 0.600. The first kappa shape index (κ1) is 12.5. The van der Waals surface area contributed by atoms with Crippen LogP contribution in [0.5, 0.6) is 0 Å². The van der Waals surface area contributed by atoms with Gasteiger partial charge in [-0.15, -0.1) is 0 Å². The highest BCUT2D eigenvalue weighted by atomic mass is 16.5. The Hall–Kier alpha value is -1.58. The maximum Gasteiger partial charge on any atom is 0.355 e. The van der Waals surface area contributed by atoms with Gasteiger partial charge in [0.25, 0.3) is 0 Å². The average molecular weight is 261 g/mol.